The topological polar surface area (TPSA) is 77.0 Å². The van der Waals surface area contributed by atoms with E-state index in [1.807, 2.05) is 6.92 Å². The van der Waals surface area contributed by atoms with Crippen LogP contribution in [-0.4, -0.2) is 9.97 Å². The van der Waals surface area contributed by atoms with E-state index >= 15 is 0 Å². The Hall–Kier alpha value is -1.56. The number of oxazole rings is 1. The number of nitrogen functional groups attached to an aromatic ring is 1. The number of halogens is 1. The van der Waals surface area contributed by atoms with E-state index in [0.29, 0.717) is 23.9 Å². The SMILES string of the molecule is CCc1cnc(CNc2ncc(Br)cc2N)o1. The molecule has 0 unspecified atom stereocenters. The monoisotopic (exact) mass is 296 g/mol. The number of anilines is 2. The highest BCUT2D eigenvalue weighted by Crippen LogP contribution is 2.20. The number of aryl methyl sites for hydroxylation is 1. The quantitative estimate of drug-likeness (QED) is 0.907. The zero-order valence-electron chi connectivity index (χ0n) is 9.40. The predicted molar refractivity (Wildman–Crippen MR) is 69.6 cm³/mol. The molecule has 0 saturated carbocycles. The highest BCUT2D eigenvalue weighted by atomic mass is 79.9. The van der Waals surface area contributed by atoms with Gasteiger partial charge in [0.25, 0.3) is 0 Å². The highest BCUT2D eigenvalue weighted by molar-refractivity contribution is 9.10. The first-order chi connectivity index (χ1) is 8.19. The molecule has 0 fully saturated rings. The Labute approximate surface area is 108 Å². The maximum Gasteiger partial charge on any atom is 0.213 e. The lowest BCUT2D eigenvalue weighted by Crippen LogP contribution is -2.04. The molecule has 0 atom stereocenters. The van der Waals surface area contributed by atoms with Gasteiger partial charge in [-0.05, 0) is 22.0 Å². The van der Waals surface area contributed by atoms with Crippen molar-refractivity contribution >= 4 is 27.4 Å². The summed E-state index contributed by atoms with van der Waals surface area (Å²) in [6.45, 7) is 2.49. The Bertz CT molecular complexity index is 512. The third-order valence-electron chi connectivity index (χ3n) is 2.24. The van der Waals surface area contributed by atoms with Gasteiger partial charge in [0.05, 0.1) is 18.4 Å². The minimum absolute atomic E-state index is 0.471. The molecule has 6 heteroatoms. The van der Waals surface area contributed by atoms with Crippen LogP contribution in [-0.2, 0) is 13.0 Å². The van der Waals surface area contributed by atoms with Crippen molar-refractivity contribution in [3.05, 3.63) is 34.6 Å². The summed E-state index contributed by atoms with van der Waals surface area (Å²) in [5.74, 6) is 2.13. The van der Waals surface area contributed by atoms with Crippen molar-refractivity contribution in [1.82, 2.24) is 9.97 Å². The zero-order chi connectivity index (χ0) is 12.3. The second-order valence-corrected chi connectivity index (χ2v) is 4.43. The zero-order valence-corrected chi connectivity index (χ0v) is 11.0. The predicted octanol–water partition coefficient (Wildman–Crippen LogP) is 2.59. The molecule has 0 bridgehead atoms. The molecule has 0 spiro atoms. The first-order valence-electron chi connectivity index (χ1n) is 5.27. The second kappa shape index (κ2) is 5.18. The van der Waals surface area contributed by atoms with Crippen molar-refractivity contribution in [1.29, 1.82) is 0 Å². The molecule has 17 heavy (non-hydrogen) atoms. The third-order valence-corrected chi connectivity index (χ3v) is 2.67. The van der Waals surface area contributed by atoms with Crippen LogP contribution in [0.3, 0.4) is 0 Å². The summed E-state index contributed by atoms with van der Waals surface area (Å²) >= 11 is 3.30. The lowest BCUT2D eigenvalue weighted by atomic mass is 10.4. The van der Waals surface area contributed by atoms with Crippen LogP contribution in [0.5, 0.6) is 0 Å². The van der Waals surface area contributed by atoms with Crippen molar-refractivity contribution < 1.29 is 4.42 Å². The van der Waals surface area contributed by atoms with Gasteiger partial charge in [0.1, 0.15) is 11.6 Å². The fourth-order valence-corrected chi connectivity index (χ4v) is 1.70. The van der Waals surface area contributed by atoms with E-state index < -0.39 is 0 Å². The van der Waals surface area contributed by atoms with E-state index in [2.05, 4.69) is 31.2 Å². The lowest BCUT2D eigenvalue weighted by molar-refractivity contribution is 0.465. The molecule has 90 valence electrons. The summed E-state index contributed by atoms with van der Waals surface area (Å²) in [6.07, 6.45) is 4.26. The molecule has 0 aliphatic rings. The van der Waals surface area contributed by atoms with Gasteiger partial charge in [-0.1, -0.05) is 6.92 Å². The number of nitrogens with two attached hydrogens (primary N) is 1. The largest absolute Gasteiger partial charge is 0.444 e. The molecule has 0 amide bonds. The van der Waals surface area contributed by atoms with Crippen molar-refractivity contribution in [3.8, 4) is 0 Å². The number of aromatic nitrogens is 2. The maximum absolute atomic E-state index is 5.81. The number of rotatable bonds is 4. The molecule has 2 heterocycles. The number of nitrogens with zero attached hydrogens (tertiary/aromatic N) is 2. The Morgan fingerprint density at radius 2 is 2.24 bits per heavy atom. The van der Waals surface area contributed by atoms with Crippen LogP contribution in [0.15, 0.2) is 27.3 Å². The summed E-state index contributed by atoms with van der Waals surface area (Å²) in [5, 5.41) is 3.08. The standard InChI is InChI=1S/C11H13BrN4O/c1-2-8-5-14-10(17-8)6-16-11-9(13)3-7(12)4-15-11/h3-5H,2,6,13H2,1H3,(H,15,16). The molecule has 5 nitrogen and oxygen atoms in total. The van der Waals surface area contributed by atoms with Gasteiger partial charge in [0.2, 0.25) is 5.89 Å². The summed E-state index contributed by atoms with van der Waals surface area (Å²) < 4.78 is 6.32. The van der Waals surface area contributed by atoms with E-state index in [1.54, 1.807) is 18.5 Å². The van der Waals surface area contributed by atoms with Crippen LogP contribution < -0.4 is 11.1 Å². The fraction of sp³-hybridized carbons (Fsp3) is 0.273. The lowest BCUT2D eigenvalue weighted by Gasteiger charge is -2.06. The van der Waals surface area contributed by atoms with Crippen molar-refractivity contribution in [3.63, 3.8) is 0 Å². The molecule has 0 radical (unpaired) electrons. The number of pyridine rings is 1. The Morgan fingerprint density at radius 1 is 1.41 bits per heavy atom. The van der Waals surface area contributed by atoms with Gasteiger partial charge in [-0.2, -0.15) is 0 Å². The van der Waals surface area contributed by atoms with Gasteiger partial charge in [-0.15, -0.1) is 0 Å². The van der Waals surface area contributed by atoms with E-state index in [4.69, 9.17) is 10.2 Å². The number of nitrogens with one attached hydrogen (secondary N) is 1. The summed E-state index contributed by atoms with van der Waals surface area (Å²) in [7, 11) is 0. The number of hydrogen-bond acceptors (Lipinski definition) is 5. The van der Waals surface area contributed by atoms with Crippen LogP contribution in [0.25, 0.3) is 0 Å². The molecule has 0 aliphatic carbocycles. The third kappa shape index (κ3) is 2.97. The van der Waals surface area contributed by atoms with Crippen molar-refractivity contribution in [2.75, 3.05) is 11.1 Å². The average molecular weight is 297 g/mol. The van der Waals surface area contributed by atoms with E-state index in [1.165, 1.54) is 0 Å². The fourth-order valence-electron chi connectivity index (χ4n) is 1.36. The summed E-state index contributed by atoms with van der Waals surface area (Å²) in [6, 6.07) is 1.79. The van der Waals surface area contributed by atoms with Crippen LogP contribution in [0.2, 0.25) is 0 Å². The Balaban J connectivity index is 2.02. The minimum atomic E-state index is 0.471. The van der Waals surface area contributed by atoms with Crippen molar-refractivity contribution in [2.45, 2.75) is 19.9 Å². The average Bonchev–Trinajstić information content (AvgIpc) is 2.76. The Kier molecular flexibility index (Phi) is 3.63. The molecule has 2 rings (SSSR count). The molecular weight excluding hydrogens is 284 g/mol. The van der Waals surface area contributed by atoms with Gasteiger partial charge in [-0.25, -0.2) is 9.97 Å². The smallest absolute Gasteiger partial charge is 0.213 e. The molecule has 0 aromatic carbocycles. The first kappa shape index (κ1) is 11.9. The van der Waals surface area contributed by atoms with Gasteiger partial charge >= 0.3 is 0 Å². The minimum Gasteiger partial charge on any atom is -0.444 e. The first-order valence-corrected chi connectivity index (χ1v) is 6.06. The molecule has 0 aliphatic heterocycles. The molecule has 3 N–H and O–H groups in total. The Morgan fingerprint density at radius 3 is 2.88 bits per heavy atom. The van der Waals surface area contributed by atoms with Gasteiger partial charge < -0.3 is 15.5 Å². The van der Waals surface area contributed by atoms with Crippen LogP contribution >= 0.6 is 15.9 Å². The van der Waals surface area contributed by atoms with Crippen LogP contribution in [0.1, 0.15) is 18.6 Å². The normalized spacial score (nSPS) is 10.5. The number of hydrogen-bond donors (Lipinski definition) is 2. The molecule has 2 aromatic rings. The molecular formula is C11H13BrN4O. The van der Waals surface area contributed by atoms with Crippen LogP contribution in [0.4, 0.5) is 11.5 Å². The van der Waals surface area contributed by atoms with Gasteiger partial charge in [0.15, 0.2) is 0 Å². The molecule has 0 saturated heterocycles. The van der Waals surface area contributed by atoms with E-state index in [0.717, 1.165) is 16.7 Å². The van der Waals surface area contributed by atoms with E-state index in [-0.39, 0.29) is 0 Å². The second-order valence-electron chi connectivity index (χ2n) is 3.52. The highest BCUT2D eigenvalue weighted by Gasteiger charge is 2.05. The van der Waals surface area contributed by atoms with Gasteiger partial charge in [-0.3, -0.25) is 0 Å². The van der Waals surface area contributed by atoms with Crippen molar-refractivity contribution in [2.24, 2.45) is 0 Å². The maximum atomic E-state index is 5.81. The summed E-state index contributed by atoms with van der Waals surface area (Å²) in [5.41, 5.74) is 6.40. The summed E-state index contributed by atoms with van der Waals surface area (Å²) in [4.78, 5) is 8.31. The van der Waals surface area contributed by atoms with Gasteiger partial charge in [0, 0.05) is 17.1 Å². The van der Waals surface area contributed by atoms with E-state index in [9.17, 15) is 0 Å². The molecule has 2 aromatic heterocycles. The van der Waals surface area contributed by atoms with Crippen LogP contribution in [0, 0.1) is 0 Å².